The molecule has 2 unspecified atom stereocenters. The average Bonchev–Trinajstić information content (AvgIpc) is 2.87. The Hall–Kier alpha value is -1.68. The van der Waals surface area contributed by atoms with Crippen LogP contribution in [0.3, 0.4) is 0 Å². The Morgan fingerprint density at radius 3 is 2.50 bits per heavy atom. The summed E-state index contributed by atoms with van der Waals surface area (Å²) in [5, 5.41) is 3.13. The zero-order valence-corrected chi connectivity index (χ0v) is 10.7. The smallest absolute Gasteiger partial charge is 0.239 e. The van der Waals surface area contributed by atoms with Crippen LogP contribution < -0.4 is 5.32 Å². The molecule has 1 aliphatic heterocycles. The van der Waals surface area contributed by atoms with Crippen LogP contribution in [0.4, 0.5) is 0 Å². The molecule has 4 nitrogen and oxygen atoms in total. The van der Waals surface area contributed by atoms with Crippen LogP contribution in [0, 0.1) is 5.92 Å². The van der Waals surface area contributed by atoms with Crippen molar-refractivity contribution in [3.8, 4) is 0 Å². The van der Waals surface area contributed by atoms with Crippen LogP contribution in [0.25, 0.3) is 0 Å². The summed E-state index contributed by atoms with van der Waals surface area (Å²) in [5.74, 6) is 0.0665. The molecule has 0 saturated carbocycles. The predicted octanol–water partition coefficient (Wildman–Crippen LogP) is 0.936. The van der Waals surface area contributed by atoms with Crippen LogP contribution in [0.2, 0.25) is 0 Å². The first-order valence-electron chi connectivity index (χ1n) is 6.13. The van der Waals surface area contributed by atoms with Gasteiger partial charge in [0.25, 0.3) is 0 Å². The Balaban J connectivity index is 2.01. The van der Waals surface area contributed by atoms with Crippen LogP contribution in [0.1, 0.15) is 16.8 Å². The average molecular weight is 246 g/mol. The molecule has 2 atom stereocenters. The highest BCUT2D eigenvalue weighted by Crippen LogP contribution is 2.20. The van der Waals surface area contributed by atoms with Gasteiger partial charge in [0.05, 0.1) is 6.04 Å². The van der Waals surface area contributed by atoms with Crippen LogP contribution >= 0.6 is 0 Å². The summed E-state index contributed by atoms with van der Waals surface area (Å²) < 4.78 is 0. The molecule has 0 radical (unpaired) electrons. The van der Waals surface area contributed by atoms with Gasteiger partial charge in [-0.25, -0.2) is 0 Å². The van der Waals surface area contributed by atoms with Gasteiger partial charge in [-0.2, -0.15) is 0 Å². The minimum atomic E-state index is -0.224. The molecule has 1 heterocycles. The molecule has 96 valence electrons. The number of hydrogen-bond donors (Lipinski definition) is 1. The minimum absolute atomic E-state index is 0.0401. The lowest BCUT2D eigenvalue weighted by Gasteiger charge is -2.15. The zero-order valence-electron chi connectivity index (χ0n) is 10.7. The molecule has 0 spiro atoms. The molecule has 0 aliphatic carbocycles. The van der Waals surface area contributed by atoms with Gasteiger partial charge in [0.15, 0.2) is 5.78 Å². The fraction of sp³-hybridized carbons (Fsp3) is 0.429. The van der Waals surface area contributed by atoms with Gasteiger partial charge in [-0.1, -0.05) is 30.3 Å². The second-order valence-corrected chi connectivity index (χ2v) is 4.86. The van der Waals surface area contributed by atoms with E-state index in [0.29, 0.717) is 13.0 Å². The Morgan fingerprint density at radius 2 is 1.89 bits per heavy atom. The second-order valence-electron chi connectivity index (χ2n) is 4.86. The number of ketones is 1. The number of rotatable bonds is 3. The van der Waals surface area contributed by atoms with Crippen LogP contribution in [-0.4, -0.2) is 43.3 Å². The highest BCUT2D eigenvalue weighted by atomic mass is 16.2. The summed E-state index contributed by atoms with van der Waals surface area (Å²) in [6.45, 7) is 0.581. The molecule has 1 aromatic carbocycles. The van der Waals surface area contributed by atoms with Gasteiger partial charge < -0.3 is 10.2 Å². The van der Waals surface area contributed by atoms with E-state index in [1.54, 1.807) is 19.0 Å². The van der Waals surface area contributed by atoms with Crippen molar-refractivity contribution in [2.24, 2.45) is 5.92 Å². The monoisotopic (exact) mass is 246 g/mol. The lowest BCUT2D eigenvalue weighted by atomic mass is 9.95. The van der Waals surface area contributed by atoms with Crippen molar-refractivity contribution in [2.45, 2.75) is 12.5 Å². The first kappa shape index (κ1) is 12.8. The number of benzene rings is 1. The third-order valence-electron chi connectivity index (χ3n) is 3.30. The van der Waals surface area contributed by atoms with Crippen molar-refractivity contribution in [3.05, 3.63) is 35.9 Å². The van der Waals surface area contributed by atoms with E-state index in [1.165, 1.54) is 0 Å². The Bertz CT molecular complexity index is 442. The highest BCUT2D eigenvalue weighted by Gasteiger charge is 2.34. The Morgan fingerprint density at radius 1 is 1.22 bits per heavy atom. The maximum Gasteiger partial charge on any atom is 0.239 e. The summed E-state index contributed by atoms with van der Waals surface area (Å²) in [6, 6.07) is 9.03. The molecule has 2 rings (SSSR count). The summed E-state index contributed by atoms with van der Waals surface area (Å²) >= 11 is 0. The fourth-order valence-corrected chi connectivity index (χ4v) is 2.27. The summed E-state index contributed by atoms with van der Waals surface area (Å²) in [6.07, 6.45) is 0.588. The van der Waals surface area contributed by atoms with Crippen LogP contribution in [0.5, 0.6) is 0 Å². The predicted molar refractivity (Wildman–Crippen MR) is 69.4 cm³/mol. The lowest BCUT2D eigenvalue weighted by Crippen LogP contribution is -2.39. The van der Waals surface area contributed by atoms with E-state index < -0.39 is 0 Å². The van der Waals surface area contributed by atoms with Crippen molar-refractivity contribution < 1.29 is 9.59 Å². The topological polar surface area (TPSA) is 49.4 Å². The van der Waals surface area contributed by atoms with E-state index in [9.17, 15) is 9.59 Å². The van der Waals surface area contributed by atoms with Gasteiger partial charge in [0.2, 0.25) is 5.91 Å². The number of carbonyl (C=O) groups excluding carboxylic acids is 2. The number of Topliss-reactive ketones (excluding diaryl/α,β-unsaturated/α-hetero) is 1. The van der Waals surface area contributed by atoms with E-state index in [-0.39, 0.29) is 23.7 Å². The van der Waals surface area contributed by atoms with Gasteiger partial charge in [-0.05, 0) is 6.42 Å². The number of nitrogens with zero attached hydrogens (tertiary/aromatic N) is 1. The zero-order chi connectivity index (χ0) is 13.1. The molecule has 1 fully saturated rings. The highest BCUT2D eigenvalue weighted by molar-refractivity contribution is 5.98. The number of carbonyl (C=O) groups is 2. The molecule has 4 heteroatoms. The van der Waals surface area contributed by atoms with E-state index in [1.807, 2.05) is 30.3 Å². The van der Waals surface area contributed by atoms with Crippen LogP contribution in [0.15, 0.2) is 30.3 Å². The van der Waals surface area contributed by atoms with E-state index in [0.717, 1.165) is 5.56 Å². The standard InChI is InChI=1S/C14H18N2O2/c1-16(2)14(18)12-8-11(9-15-12)13(17)10-6-4-3-5-7-10/h3-7,11-12,15H,8-9H2,1-2H3. The Labute approximate surface area is 107 Å². The minimum Gasteiger partial charge on any atom is -0.347 e. The fourth-order valence-electron chi connectivity index (χ4n) is 2.27. The van der Waals surface area contributed by atoms with Gasteiger partial charge in [0, 0.05) is 32.1 Å². The molecular formula is C14H18N2O2. The third kappa shape index (κ3) is 2.59. The molecule has 1 amide bonds. The summed E-state index contributed by atoms with van der Waals surface area (Å²) in [7, 11) is 3.46. The van der Waals surface area contributed by atoms with E-state index >= 15 is 0 Å². The number of amides is 1. The van der Waals surface area contributed by atoms with Gasteiger partial charge >= 0.3 is 0 Å². The van der Waals surface area contributed by atoms with Gasteiger partial charge in [0.1, 0.15) is 0 Å². The summed E-state index contributed by atoms with van der Waals surface area (Å²) in [4.78, 5) is 25.6. The maximum absolute atomic E-state index is 12.2. The van der Waals surface area contributed by atoms with Crippen molar-refractivity contribution in [1.29, 1.82) is 0 Å². The molecular weight excluding hydrogens is 228 g/mol. The molecule has 1 saturated heterocycles. The largest absolute Gasteiger partial charge is 0.347 e. The maximum atomic E-state index is 12.2. The third-order valence-corrected chi connectivity index (χ3v) is 3.30. The Kier molecular flexibility index (Phi) is 3.77. The first-order chi connectivity index (χ1) is 8.59. The van der Waals surface area contributed by atoms with E-state index in [2.05, 4.69) is 5.32 Å². The molecule has 18 heavy (non-hydrogen) atoms. The van der Waals surface area contributed by atoms with Crippen molar-refractivity contribution in [1.82, 2.24) is 10.2 Å². The SMILES string of the molecule is CN(C)C(=O)C1CC(C(=O)c2ccccc2)CN1. The molecule has 1 aromatic rings. The van der Waals surface area contributed by atoms with Crippen molar-refractivity contribution in [3.63, 3.8) is 0 Å². The number of nitrogens with one attached hydrogen (secondary N) is 1. The molecule has 1 N–H and O–H groups in total. The number of likely N-dealkylation sites (N-methyl/N-ethyl adjacent to an activating group) is 1. The molecule has 0 bridgehead atoms. The second kappa shape index (κ2) is 5.31. The number of hydrogen-bond acceptors (Lipinski definition) is 3. The van der Waals surface area contributed by atoms with Gasteiger partial charge in [-0.15, -0.1) is 0 Å². The first-order valence-corrected chi connectivity index (χ1v) is 6.13. The van der Waals surface area contributed by atoms with Crippen LogP contribution in [-0.2, 0) is 4.79 Å². The van der Waals surface area contributed by atoms with Crippen molar-refractivity contribution >= 4 is 11.7 Å². The molecule has 0 aromatic heterocycles. The quantitative estimate of drug-likeness (QED) is 0.807. The normalized spacial score (nSPS) is 22.8. The van der Waals surface area contributed by atoms with Crippen molar-refractivity contribution in [2.75, 3.05) is 20.6 Å². The van der Waals surface area contributed by atoms with Gasteiger partial charge in [-0.3, -0.25) is 9.59 Å². The summed E-state index contributed by atoms with van der Waals surface area (Å²) in [5.41, 5.74) is 0.724. The van der Waals surface area contributed by atoms with E-state index in [4.69, 9.17) is 0 Å². The molecule has 1 aliphatic rings. The lowest BCUT2D eigenvalue weighted by molar-refractivity contribution is -0.130.